The van der Waals surface area contributed by atoms with E-state index in [1.165, 1.54) is 5.56 Å². The molecule has 4 nitrogen and oxygen atoms in total. The van der Waals surface area contributed by atoms with Crippen LogP contribution in [0.5, 0.6) is 0 Å². The average molecular weight is 405 g/mol. The van der Waals surface area contributed by atoms with Crippen molar-refractivity contribution < 1.29 is 0 Å². The van der Waals surface area contributed by atoms with Crippen LogP contribution in [-0.2, 0) is 6.54 Å². The second-order valence-corrected chi connectivity index (χ2v) is 7.75. The Morgan fingerprint density at radius 2 is 1.96 bits per heavy atom. The second kappa shape index (κ2) is 6.92. The molecule has 0 saturated carbocycles. The number of aromatic nitrogens is 3. The molecule has 2 aromatic carbocycles. The Morgan fingerprint density at radius 1 is 1.07 bits per heavy atom. The van der Waals surface area contributed by atoms with Crippen LogP contribution >= 0.6 is 23.2 Å². The summed E-state index contributed by atoms with van der Waals surface area (Å²) in [6.45, 7) is 1.56. The highest BCUT2D eigenvalue weighted by Gasteiger charge is 2.24. The Labute approximate surface area is 173 Å². The molecule has 1 aliphatic rings. The average Bonchev–Trinajstić information content (AvgIpc) is 3.18. The van der Waals surface area contributed by atoms with Crippen LogP contribution in [0.15, 0.2) is 55.0 Å². The summed E-state index contributed by atoms with van der Waals surface area (Å²) in [6, 6.07) is 14.0. The second-order valence-electron chi connectivity index (χ2n) is 6.93. The van der Waals surface area contributed by atoms with E-state index in [9.17, 15) is 0 Å². The zero-order valence-corrected chi connectivity index (χ0v) is 16.4. The smallest absolute Gasteiger partial charge is 0.155 e. The van der Waals surface area contributed by atoms with Crippen molar-refractivity contribution in [2.24, 2.45) is 0 Å². The molecule has 136 valence electrons. The highest BCUT2D eigenvalue weighted by molar-refractivity contribution is 6.42. The third-order valence-corrected chi connectivity index (χ3v) is 6.09. The lowest BCUT2D eigenvalue weighted by Crippen LogP contribution is -2.33. The van der Waals surface area contributed by atoms with Crippen LogP contribution < -0.4 is 10.8 Å². The molecule has 0 amide bonds. The molecule has 1 N–H and O–H groups in total. The Kier molecular flexibility index (Phi) is 4.39. The highest BCUT2D eigenvalue weighted by atomic mass is 35.5. The van der Waals surface area contributed by atoms with Gasteiger partial charge in [-0.2, -0.15) is 5.10 Å². The summed E-state index contributed by atoms with van der Waals surface area (Å²) in [5.41, 5.74) is 7.07. The van der Waals surface area contributed by atoms with E-state index < -0.39 is 0 Å². The standard InChI is InChI=1S/C21H15BCl2N4/c22-21-14(13-2-6-20-26-11-27-28(20)10-13)3-4-15-16(8-25-9-17(15)21)12-1-5-18(23)19(24)7-12/h1-7,10-11,16,25H,8-9H2. The molecule has 3 heterocycles. The number of rotatable bonds is 2. The summed E-state index contributed by atoms with van der Waals surface area (Å²) in [5.74, 6) is 0.174. The maximum absolute atomic E-state index is 6.62. The van der Waals surface area contributed by atoms with E-state index in [1.807, 2.05) is 36.5 Å². The first-order valence-electron chi connectivity index (χ1n) is 8.98. The fraction of sp³-hybridized carbons (Fsp3) is 0.143. The molecule has 2 aromatic heterocycles. The Balaban J connectivity index is 1.60. The van der Waals surface area contributed by atoms with Gasteiger partial charge in [0.25, 0.3) is 0 Å². The summed E-state index contributed by atoms with van der Waals surface area (Å²) >= 11 is 12.3. The number of halogens is 2. The molecule has 0 bridgehead atoms. The minimum absolute atomic E-state index is 0.174. The molecule has 0 spiro atoms. The molecule has 1 unspecified atom stereocenters. The van der Waals surface area contributed by atoms with E-state index in [0.29, 0.717) is 10.0 Å². The van der Waals surface area contributed by atoms with Gasteiger partial charge in [0, 0.05) is 25.2 Å². The van der Waals surface area contributed by atoms with Crippen molar-refractivity contribution in [1.82, 2.24) is 19.9 Å². The van der Waals surface area contributed by atoms with Gasteiger partial charge in [-0.15, -0.1) is 0 Å². The number of pyridine rings is 1. The molecule has 1 aliphatic heterocycles. The molecule has 28 heavy (non-hydrogen) atoms. The third-order valence-electron chi connectivity index (χ3n) is 5.35. The normalized spacial score (nSPS) is 16.3. The van der Waals surface area contributed by atoms with Gasteiger partial charge in [-0.3, -0.25) is 0 Å². The van der Waals surface area contributed by atoms with E-state index in [4.69, 9.17) is 31.0 Å². The van der Waals surface area contributed by atoms with E-state index in [1.54, 1.807) is 10.8 Å². The van der Waals surface area contributed by atoms with Gasteiger partial charge in [0.05, 0.1) is 10.0 Å². The Morgan fingerprint density at radius 3 is 2.82 bits per heavy atom. The number of nitrogens with zero attached hydrogens (tertiary/aromatic N) is 3. The number of hydrogen-bond acceptors (Lipinski definition) is 3. The lowest BCUT2D eigenvalue weighted by molar-refractivity contribution is 0.594. The largest absolute Gasteiger partial charge is 0.312 e. The van der Waals surface area contributed by atoms with Crippen molar-refractivity contribution in [3.05, 3.63) is 81.7 Å². The Bertz CT molecular complexity index is 1200. The molecular weight excluding hydrogens is 390 g/mol. The van der Waals surface area contributed by atoms with Gasteiger partial charge in [0.15, 0.2) is 5.65 Å². The first-order chi connectivity index (χ1) is 13.6. The van der Waals surface area contributed by atoms with Crippen molar-refractivity contribution in [1.29, 1.82) is 0 Å². The van der Waals surface area contributed by atoms with Crippen LogP contribution in [0.4, 0.5) is 0 Å². The first-order valence-corrected chi connectivity index (χ1v) is 9.74. The predicted octanol–water partition coefficient (Wildman–Crippen LogP) is 3.73. The van der Waals surface area contributed by atoms with E-state index in [2.05, 4.69) is 27.5 Å². The summed E-state index contributed by atoms with van der Waals surface area (Å²) in [5, 5.41) is 8.83. The zero-order chi connectivity index (χ0) is 19.3. The predicted molar refractivity (Wildman–Crippen MR) is 114 cm³/mol. The molecule has 7 heteroatoms. The summed E-state index contributed by atoms with van der Waals surface area (Å²) < 4.78 is 1.75. The SMILES string of the molecule is [B]c1c(-c2ccc3ncnn3c2)ccc2c1CNCC2c1ccc(Cl)c(Cl)c1. The highest BCUT2D eigenvalue weighted by Crippen LogP contribution is 2.34. The number of benzene rings is 2. The molecule has 1 atom stereocenters. The van der Waals surface area contributed by atoms with Crippen LogP contribution in [0, 0.1) is 0 Å². The van der Waals surface area contributed by atoms with Gasteiger partial charge < -0.3 is 5.32 Å². The maximum atomic E-state index is 6.62. The van der Waals surface area contributed by atoms with Gasteiger partial charge in [-0.1, -0.05) is 46.9 Å². The van der Waals surface area contributed by atoms with E-state index in [0.717, 1.165) is 46.5 Å². The van der Waals surface area contributed by atoms with Gasteiger partial charge in [0.2, 0.25) is 0 Å². The van der Waals surface area contributed by atoms with Crippen molar-refractivity contribution in [3.63, 3.8) is 0 Å². The lowest BCUT2D eigenvalue weighted by Gasteiger charge is -2.29. The molecule has 0 fully saturated rings. The van der Waals surface area contributed by atoms with Crippen LogP contribution in [0.25, 0.3) is 16.8 Å². The fourth-order valence-electron chi connectivity index (χ4n) is 3.91. The zero-order valence-electron chi connectivity index (χ0n) is 14.9. The first kappa shape index (κ1) is 17.7. The van der Waals surface area contributed by atoms with Gasteiger partial charge >= 0.3 is 0 Å². The van der Waals surface area contributed by atoms with Crippen LogP contribution in [0.2, 0.25) is 10.0 Å². The van der Waals surface area contributed by atoms with Crippen molar-refractivity contribution in [2.45, 2.75) is 12.5 Å². The summed E-state index contributed by atoms with van der Waals surface area (Å²) in [7, 11) is 6.62. The van der Waals surface area contributed by atoms with Crippen molar-refractivity contribution in [2.75, 3.05) is 6.54 Å². The minimum atomic E-state index is 0.174. The third kappa shape index (κ3) is 2.91. The van der Waals surface area contributed by atoms with Gasteiger partial charge in [-0.25, -0.2) is 9.50 Å². The number of hydrogen-bond donors (Lipinski definition) is 1. The number of fused-ring (bicyclic) bond motifs is 2. The number of nitrogens with one attached hydrogen (secondary N) is 1. The molecule has 5 rings (SSSR count). The van der Waals surface area contributed by atoms with E-state index >= 15 is 0 Å². The summed E-state index contributed by atoms with van der Waals surface area (Å²) in [4.78, 5) is 4.19. The minimum Gasteiger partial charge on any atom is -0.312 e. The lowest BCUT2D eigenvalue weighted by atomic mass is 9.76. The van der Waals surface area contributed by atoms with Crippen molar-refractivity contribution >= 4 is 42.2 Å². The van der Waals surface area contributed by atoms with Crippen LogP contribution in [-0.4, -0.2) is 29.0 Å². The van der Waals surface area contributed by atoms with Crippen LogP contribution in [0.1, 0.15) is 22.6 Å². The fourth-order valence-corrected chi connectivity index (χ4v) is 4.22. The molecule has 0 aliphatic carbocycles. The Hall–Kier alpha value is -2.34. The van der Waals surface area contributed by atoms with E-state index in [-0.39, 0.29) is 5.92 Å². The molecule has 0 saturated heterocycles. The maximum Gasteiger partial charge on any atom is 0.155 e. The molecule has 4 aromatic rings. The van der Waals surface area contributed by atoms with Crippen LogP contribution in [0.3, 0.4) is 0 Å². The summed E-state index contributed by atoms with van der Waals surface area (Å²) in [6.07, 6.45) is 3.49. The molecular formula is C21H15BCl2N4. The van der Waals surface area contributed by atoms with Gasteiger partial charge in [0.1, 0.15) is 14.2 Å². The van der Waals surface area contributed by atoms with Gasteiger partial charge in [-0.05, 0) is 52.1 Å². The topological polar surface area (TPSA) is 42.2 Å². The monoisotopic (exact) mass is 404 g/mol. The molecule has 2 radical (unpaired) electrons. The van der Waals surface area contributed by atoms with Crippen molar-refractivity contribution in [3.8, 4) is 11.1 Å². The quantitative estimate of drug-likeness (QED) is 0.517.